The van der Waals surface area contributed by atoms with Gasteiger partial charge >= 0.3 is 0 Å². The van der Waals surface area contributed by atoms with Crippen molar-refractivity contribution >= 4 is 23.4 Å². The van der Waals surface area contributed by atoms with Crippen LogP contribution in [0.5, 0.6) is 0 Å². The van der Waals surface area contributed by atoms with Crippen LogP contribution in [0.4, 0.5) is 5.69 Å². The summed E-state index contributed by atoms with van der Waals surface area (Å²) in [5, 5.41) is 2.87. The predicted molar refractivity (Wildman–Crippen MR) is 100 cm³/mol. The molecule has 0 aromatic heterocycles. The average molecular weight is 368 g/mol. The fraction of sp³-hybridized carbons (Fsp3) is 0.476. The van der Waals surface area contributed by atoms with E-state index in [1.165, 1.54) is 4.90 Å². The van der Waals surface area contributed by atoms with Crippen LogP contribution in [0.2, 0.25) is 0 Å². The van der Waals surface area contributed by atoms with E-state index < -0.39 is 0 Å². The van der Waals surface area contributed by atoms with Crippen LogP contribution in [0, 0.1) is 17.8 Å². The molecule has 1 aromatic rings. The number of carbonyl (C=O) groups excluding carboxylic acids is 3. The molecule has 4 rings (SSSR count). The summed E-state index contributed by atoms with van der Waals surface area (Å²) in [6.07, 6.45) is 6.70. The summed E-state index contributed by atoms with van der Waals surface area (Å²) in [5.74, 6) is -0.950. The molecule has 0 saturated carbocycles. The topological polar surface area (TPSA) is 75.7 Å². The number of imide groups is 1. The van der Waals surface area contributed by atoms with E-state index in [9.17, 15) is 14.4 Å². The molecule has 2 saturated heterocycles. The van der Waals surface area contributed by atoms with Crippen LogP contribution in [-0.2, 0) is 14.3 Å². The van der Waals surface area contributed by atoms with Gasteiger partial charge in [0.25, 0.3) is 5.91 Å². The summed E-state index contributed by atoms with van der Waals surface area (Å²) < 4.78 is 5.50. The van der Waals surface area contributed by atoms with Gasteiger partial charge in [-0.3, -0.25) is 19.3 Å². The Balaban J connectivity index is 1.45. The van der Waals surface area contributed by atoms with E-state index >= 15 is 0 Å². The summed E-state index contributed by atoms with van der Waals surface area (Å²) in [6, 6.07) is 6.66. The molecule has 2 aliphatic heterocycles. The second-order valence-electron chi connectivity index (χ2n) is 7.56. The molecule has 0 unspecified atom stereocenters. The molecule has 6 heteroatoms. The average Bonchev–Trinajstić information content (AvgIpc) is 3.28. The lowest BCUT2D eigenvalue weighted by molar-refractivity contribution is -0.122. The van der Waals surface area contributed by atoms with E-state index in [1.807, 2.05) is 19.1 Å². The second-order valence-corrected chi connectivity index (χ2v) is 7.56. The largest absolute Gasteiger partial charge is 0.376 e. The lowest BCUT2D eigenvalue weighted by Gasteiger charge is -2.22. The van der Waals surface area contributed by atoms with Gasteiger partial charge in [-0.25, -0.2) is 0 Å². The Bertz CT molecular complexity index is 780. The highest BCUT2D eigenvalue weighted by molar-refractivity contribution is 6.22. The van der Waals surface area contributed by atoms with Gasteiger partial charge in [0.2, 0.25) is 11.8 Å². The van der Waals surface area contributed by atoms with Crippen molar-refractivity contribution in [2.24, 2.45) is 17.8 Å². The van der Waals surface area contributed by atoms with Crippen LogP contribution in [-0.4, -0.2) is 37.0 Å². The highest BCUT2D eigenvalue weighted by atomic mass is 16.5. The minimum atomic E-state index is -0.281. The molecule has 0 spiro atoms. The number of rotatable bonds is 4. The van der Waals surface area contributed by atoms with E-state index in [-0.39, 0.29) is 41.6 Å². The van der Waals surface area contributed by atoms with Crippen LogP contribution in [0.3, 0.4) is 0 Å². The number of nitrogens with zero attached hydrogens (tertiary/aromatic N) is 1. The summed E-state index contributed by atoms with van der Waals surface area (Å²) >= 11 is 0. The first kappa shape index (κ1) is 17.9. The first-order chi connectivity index (χ1) is 13.1. The van der Waals surface area contributed by atoms with Crippen LogP contribution in [0.25, 0.3) is 0 Å². The third-order valence-electron chi connectivity index (χ3n) is 5.77. The van der Waals surface area contributed by atoms with Crippen LogP contribution >= 0.6 is 0 Å². The van der Waals surface area contributed by atoms with Crippen molar-refractivity contribution in [3.8, 4) is 0 Å². The number of amides is 3. The molecule has 6 nitrogen and oxygen atoms in total. The van der Waals surface area contributed by atoms with Crippen LogP contribution in [0.15, 0.2) is 36.4 Å². The van der Waals surface area contributed by atoms with E-state index in [2.05, 4.69) is 5.32 Å². The van der Waals surface area contributed by atoms with Gasteiger partial charge in [0.15, 0.2) is 0 Å². The number of allylic oxidation sites excluding steroid dienone is 2. The maximum atomic E-state index is 12.8. The third-order valence-corrected chi connectivity index (χ3v) is 5.77. The molecule has 1 N–H and O–H groups in total. The van der Waals surface area contributed by atoms with Crippen molar-refractivity contribution in [2.75, 3.05) is 18.1 Å². The van der Waals surface area contributed by atoms with Crippen molar-refractivity contribution in [3.63, 3.8) is 0 Å². The Morgan fingerprint density at radius 2 is 2.00 bits per heavy atom. The van der Waals surface area contributed by atoms with Gasteiger partial charge in [0, 0.05) is 18.7 Å². The number of anilines is 1. The Morgan fingerprint density at radius 1 is 1.22 bits per heavy atom. The van der Waals surface area contributed by atoms with Crippen molar-refractivity contribution < 1.29 is 19.1 Å². The lowest BCUT2D eigenvalue weighted by atomic mass is 9.78. The monoisotopic (exact) mass is 368 g/mol. The molecule has 2 heterocycles. The first-order valence-corrected chi connectivity index (χ1v) is 9.60. The summed E-state index contributed by atoms with van der Waals surface area (Å²) in [5.41, 5.74) is 1.03. The van der Waals surface area contributed by atoms with Crippen molar-refractivity contribution in [2.45, 2.75) is 32.3 Å². The third kappa shape index (κ3) is 3.30. The number of fused-ring (bicyclic) bond motifs is 1. The highest BCUT2D eigenvalue weighted by Gasteiger charge is 2.50. The minimum absolute atomic E-state index is 0.0630. The molecular weight excluding hydrogens is 344 g/mol. The molecule has 142 valence electrons. The molecule has 0 radical (unpaired) electrons. The van der Waals surface area contributed by atoms with Gasteiger partial charge < -0.3 is 10.1 Å². The molecule has 4 atom stereocenters. The molecule has 3 aliphatic rings. The van der Waals surface area contributed by atoms with E-state index in [4.69, 9.17) is 4.74 Å². The maximum Gasteiger partial charge on any atom is 0.251 e. The maximum absolute atomic E-state index is 12.8. The summed E-state index contributed by atoms with van der Waals surface area (Å²) in [6.45, 7) is 3.23. The smallest absolute Gasteiger partial charge is 0.251 e. The van der Waals surface area contributed by atoms with Gasteiger partial charge in [0.05, 0.1) is 23.6 Å². The first-order valence-electron chi connectivity index (χ1n) is 9.60. The Kier molecular flexibility index (Phi) is 4.83. The minimum Gasteiger partial charge on any atom is -0.376 e. The Hall–Kier alpha value is -2.47. The molecule has 1 aromatic carbocycles. The lowest BCUT2D eigenvalue weighted by Crippen LogP contribution is -2.32. The van der Waals surface area contributed by atoms with Gasteiger partial charge in [-0.15, -0.1) is 0 Å². The Labute approximate surface area is 158 Å². The number of hydrogen-bond donors (Lipinski definition) is 1. The summed E-state index contributed by atoms with van der Waals surface area (Å²) in [7, 11) is 0. The van der Waals surface area contributed by atoms with Crippen molar-refractivity contribution in [1.82, 2.24) is 5.32 Å². The van der Waals surface area contributed by atoms with Crippen LogP contribution in [0.1, 0.15) is 36.5 Å². The molecule has 1 aliphatic carbocycles. The van der Waals surface area contributed by atoms with Gasteiger partial charge in [-0.2, -0.15) is 0 Å². The number of hydrogen-bond acceptors (Lipinski definition) is 4. The van der Waals surface area contributed by atoms with Crippen molar-refractivity contribution in [3.05, 3.63) is 42.0 Å². The fourth-order valence-corrected chi connectivity index (χ4v) is 4.28. The number of nitrogens with one attached hydrogen (secondary N) is 1. The van der Waals surface area contributed by atoms with E-state index in [1.54, 1.807) is 24.3 Å². The number of ether oxygens (including phenoxy) is 1. The zero-order valence-electron chi connectivity index (χ0n) is 15.4. The fourth-order valence-electron chi connectivity index (χ4n) is 4.28. The zero-order valence-corrected chi connectivity index (χ0v) is 15.4. The zero-order chi connectivity index (χ0) is 19.0. The molecule has 3 amide bonds. The van der Waals surface area contributed by atoms with Gasteiger partial charge in [-0.05, 0) is 49.4 Å². The molecule has 0 bridgehead atoms. The van der Waals surface area contributed by atoms with Crippen molar-refractivity contribution in [1.29, 1.82) is 0 Å². The second kappa shape index (κ2) is 7.27. The highest BCUT2D eigenvalue weighted by Crippen LogP contribution is 2.40. The molecule has 27 heavy (non-hydrogen) atoms. The Morgan fingerprint density at radius 3 is 2.67 bits per heavy atom. The molecular formula is C21H24N2O4. The van der Waals surface area contributed by atoms with E-state index in [0.29, 0.717) is 24.2 Å². The van der Waals surface area contributed by atoms with Gasteiger partial charge in [0.1, 0.15) is 0 Å². The van der Waals surface area contributed by atoms with Crippen LogP contribution < -0.4 is 10.2 Å². The quantitative estimate of drug-likeness (QED) is 0.654. The number of benzene rings is 1. The standard InChI is InChI=1S/C21H24N2O4/c1-13-4-2-6-17-18(13)21(26)23(20(17)25)15-9-7-14(8-10-15)19(24)22-12-16-5-3-11-27-16/h2,4,7-10,13,16-18H,3,5-6,11-12H2,1H3,(H,22,24)/t13-,16-,17+,18+/m1/s1. The predicted octanol–water partition coefficient (Wildman–Crippen LogP) is 2.30. The number of carbonyl (C=O) groups is 3. The normalized spacial score (nSPS) is 29.9. The van der Waals surface area contributed by atoms with E-state index in [0.717, 1.165) is 19.4 Å². The summed E-state index contributed by atoms with van der Waals surface area (Å²) in [4.78, 5) is 39.1. The van der Waals surface area contributed by atoms with Gasteiger partial charge in [-0.1, -0.05) is 19.1 Å². The SMILES string of the molecule is C[C@@H]1C=CC[C@@H]2C(=O)N(c3ccc(C(=O)NC[C@H]4CCCO4)cc3)C(=O)[C@@H]12. The molecule has 2 fully saturated rings.